The van der Waals surface area contributed by atoms with E-state index in [-0.39, 0.29) is 23.7 Å². The Kier molecular flexibility index (Phi) is 3.96. The smallest absolute Gasteiger partial charge is 0.339 e. The van der Waals surface area contributed by atoms with Crippen molar-refractivity contribution in [2.75, 3.05) is 6.61 Å². The minimum absolute atomic E-state index is 0.108. The first-order valence-corrected chi connectivity index (χ1v) is 5.13. The molecule has 0 bridgehead atoms. The maximum absolute atomic E-state index is 11.4. The van der Waals surface area contributed by atoms with E-state index in [2.05, 4.69) is 6.58 Å². The van der Waals surface area contributed by atoms with E-state index in [1.165, 1.54) is 18.2 Å². The van der Waals surface area contributed by atoms with E-state index in [4.69, 9.17) is 9.84 Å². The fourth-order valence-corrected chi connectivity index (χ4v) is 1.59. The van der Waals surface area contributed by atoms with Gasteiger partial charge in [0.05, 0.1) is 5.56 Å². The summed E-state index contributed by atoms with van der Waals surface area (Å²) in [6, 6.07) is 2.46. The van der Waals surface area contributed by atoms with Gasteiger partial charge in [0, 0.05) is 3.57 Å². The van der Waals surface area contributed by atoms with Crippen molar-refractivity contribution < 1.29 is 19.7 Å². The van der Waals surface area contributed by atoms with Crippen LogP contribution in [0.15, 0.2) is 24.8 Å². The molecular weight excluding hydrogens is 311 g/mol. The quantitative estimate of drug-likeness (QED) is 0.387. The van der Waals surface area contributed by atoms with E-state index < -0.39 is 5.97 Å². The normalized spacial score (nSPS) is 9.67. The minimum Gasteiger partial charge on any atom is -0.504 e. The molecule has 2 N–H and O–H groups in total. The Hall–Kier alpha value is -1.24. The molecule has 1 rings (SSSR count). The van der Waals surface area contributed by atoms with Gasteiger partial charge in [0.1, 0.15) is 6.61 Å². The molecule has 0 saturated heterocycles. The second-order valence-corrected chi connectivity index (χ2v) is 3.87. The van der Waals surface area contributed by atoms with E-state index in [0.717, 1.165) is 0 Å². The summed E-state index contributed by atoms with van der Waals surface area (Å²) in [5, 5.41) is 18.4. The van der Waals surface area contributed by atoms with Crippen molar-refractivity contribution >= 4 is 28.6 Å². The molecule has 0 heterocycles. The van der Waals surface area contributed by atoms with Gasteiger partial charge in [-0.2, -0.15) is 0 Å². The zero-order valence-electron chi connectivity index (χ0n) is 7.74. The number of rotatable bonds is 3. The summed E-state index contributed by atoms with van der Waals surface area (Å²) >= 11 is 1.87. The number of hydrogen-bond acceptors (Lipinski definition) is 4. The van der Waals surface area contributed by atoms with Gasteiger partial charge in [-0.3, -0.25) is 0 Å². The first-order chi connectivity index (χ1) is 7.06. The highest BCUT2D eigenvalue weighted by molar-refractivity contribution is 14.1. The molecule has 4 nitrogen and oxygen atoms in total. The molecule has 0 radical (unpaired) electrons. The molecule has 0 aliphatic carbocycles. The Morgan fingerprint density at radius 2 is 2.07 bits per heavy atom. The van der Waals surface area contributed by atoms with Crippen molar-refractivity contribution in [1.82, 2.24) is 0 Å². The first kappa shape index (κ1) is 11.8. The second-order valence-electron chi connectivity index (χ2n) is 2.71. The summed E-state index contributed by atoms with van der Waals surface area (Å²) in [6.45, 7) is 3.52. The molecule has 0 fully saturated rings. The maximum atomic E-state index is 11.4. The SMILES string of the molecule is C=CCOC(=O)c1cc(O)c(O)cc1I. The van der Waals surface area contributed by atoms with Crippen molar-refractivity contribution in [3.05, 3.63) is 33.9 Å². The van der Waals surface area contributed by atoms with Gasteiger partial charge >= 0.3 is 5.97 Å². The molecule has 0 aromatic heterocycles. The molecule has 0 saturated carbocycles. The third-order valence-corrected chi connectivity index (χ3v) is 2.51. The molecule has 0 unspecified atom stereocenters. The van der Waals surface area contributed by atoms with Crippen molar-refractivity contribution in [1.29, 1.82) is 0 Å². The van der Waals surface area contributed by atoms with Crippen LogP contribution in [0.5, 0.6) is 11.5 Å². The standard InChI is InChI=1S/C10H9IO4/c1-2-3-15-10(14)6-4-8(12)9(13)5-7(6)11/h2,4-5,12-13H,1,3H2. The lowest BCUT2D eigenvalue weighted by Crippen LogP contribution is -2.06. The molecule has 0 aliphatic rings. The van der Waals surface area contributed by atoms with Gasteiger partial charge < -0.3 is 14.9 Å². The lowest BCUT2D eigenvalue weighted by Gasteiger charge is -2.06. The number of ether oxygens (including phenoxy) is 1. The lowest BCUT2D eigenvalue weighted by molar-refractivity contribution is 0.0548. The summed E-state index contributed by atoms with van der Waals surface area (Å²) in [5.74, 6) is -1.17. The summed E-state index contributed by atoms with van der Waals surface area (Å²) < 4.78 is 5.31. The summed E-state index contributed by atoms with van der Waals surface area (Å²) in [7, 11) is 0. The van der Waals surface area contributed by atoms with Crippen LogP contribution in [0.1, 0.15) is 10.4 Å². The number of esters is 1. The first-order valence-electron chi connectivity index (χ1n) is 4.05. The van der Waals surface area contributed by atoms with Crippen LogP contribution in [0, 0.1) is 3.57 Å². The average molecular weight is 320 g/mol. The Balaban J connectivity index is 2.98. The zero-order chi connectivity index (χ0) is 11.4. The number of phenols is 2. The topological polar surface area (TPSA) is 66.8 Å². The number of hydrogen-bond donors (Lipinski definition) is 2. The van der Waals surface area contributed by atoms with Gasteiger partial charge in [-0.1, -0.05) is 12.7 Å². The summed E-state index contributed by atoms with van der Waals surface area (Å²) in [6.07, 6.45) is 1.45. The number of benzene rings is 1. The van der Waals surface area contributed by atoms with Crippen molar-refractivity contribution in [3.8, 4) is 11.5 Å². The van der Waals surface area contributed by atoms with Crippen LogP contribution in [0.2, 0.25) is 0 Å². The third-order valence-electron chi connectivity index (χ3n) is 1.62. The Labute approximate surface area is 100 Å². The largest absolute Gasteiger partial charge is 0.504 e. The Bertz CT molecular complexity index is 401. The van der Waals surface area contributed by atoms with E-state index in [9.17, 15) is 9.90 Å². The highest BCUT2D eigenvalue weighted by atomic mass is 127. The Morgan fingerprint density at radius 1 is 1.47 bits per heavy atom. The number of carbonyl (C=O) groups excluding carboxylic acids is 1. The molecular formula is C10H9IO4. The van der Waals surface area contributed by atoms with Gasteiger partial charge in [-0.05, 0) is 34.7 Å². The molecule has 0 spiro atoms. The highest BCUT2D eigenvalue weighted by Crippen LogP contribution is 2.29. The fraction of sp³-hybridized carbons (Fsp3) is 0.100. The number of aromatic hydroxyl groups is 2. The molecule has 5 heteroatoms. The third kappa shape index (κ3) is 2.85. The molecule has 0 atom stereocenters. The van der Waals surface area contributed by atoms with Crippen LogP contribution >= 0.6 is 22.6 Å². The molecule has 1 aromatic carbocycles. The van der Waals surface area contributed by atoms with Crippen molar-refractivity contribution in [2.45, 2.75) is 0 Å². The zero-order valence-corrected chi connectivity index (χ0v) is 9.89. The van der Waals surface area contributed by atoms with Crippen LogP contribution in [0.25, 0.3) is 0 Å². The Morgan fingerprint density at radius 3 is 2.67 bits per heavy atom. The highest BCUT2D eigenvalue weighted by Gasteiger charge is 2.14. The van der Waals surface area contributed by atoms with Crippen LogP contribution in [-0.4, -0.2) is 22.8 Å². The fourth-order valence-electron chi connectivity index (χ4n) is 0.920. The second kappa shape index (κ2) is 5.01. The van der Waals surface area contributed by atoms with Gasteiger partial charge in [-0.15, -0.1) is 0 Å². The molecule has 1 aromatic rings. The van der Waals surface area contributed by atoms with Gasteiger partial charge in [0.15, 0.2) is 11.5 Å². The summed E-state index contributed by atoms with van der Waals surface area (Å²) in [5.41, 5.74) is 0.216. The van der Waals surface area contributed by atoms with Crippen molar-refractivity contribution in [2.24, 2.45) is 0 Å². The van der Waals surface area contributed by atoms with E-state index in [1.54, 1.807) is 0 Å². The predicted octanol–water partition coefficient (Wildman–Crippen LogP) is 2.05. The maximum Gasteiger partial charge on any atom is 0.339 e. The van der Waals surface area contributed by atoms with Gasteiger partial charge in [0.2, 0.25) is 0 Å². The molecule has 80 valence electrons. The lowest BCUT2D eigenvalue weighted by atomic mass is 10.2. The van der Waals surface area contributed by atoms with Gasteiger partial charge in [0.25, 0.3) is 0 Å². The molecule has 15 heavy (non-hydrogen) atoms. The van der Waals surface area contributed by atoms with E-state index in [0.29, 0.717) is 3.57 Å². The number of carbonyl (C=O) groups is 1. The predicted molar refractivity (Wildman–Crippen MR) is 63.0 cm³/mol. The monoisotopic (exact) mass is 320 g/mol. The average Bonchev–Trinajstić information content (AvgIpc) is 2.20. The van der Waals surface area contributed by atoms with E-state index in [1.807, 2.05) is 22.6 Å². The van der Waals surface area contributed by atoms with Crippen LogP contribution in [-0.2, 0) is 4.74 Å². The van der Waals surface area contributed by atoms with Crippen LogP contribution in [0.4, 0.5) is 0 Å². The minimum atomic E-state index is -0.561. The number of phenolic OH excluding ortho intramolecular Hbond substituents is 2. The summed E-state index contributed by atoms with van der Waals surface area (Å²) in [4.78, 5) is 11.4. The number of halogens is 1. The van der Waals surface area contributed by atoms with Gasteiger partial charge in [-0.25, -0.2) is 4.79 Å². The molecule has 0 aliphatic heterocycles. The van der Waals surface area contributed by atoms with Crippen LogP contribution in [0.3, 0.4) is 0 Å². The molecule has 0 amide bonds. The van der Waals surface area contributed by atoms with E-state index >= 15 is 0 Å². The van der Waals surface area contributed by atoms with Crippen LogP contribution < -0.4 is 0 Å². The van der Waals surface area contributed by atoms with Crippen molar-refractivity contribution in [3.63, 3.8) is 0 Å².